The van der Waals surface area contributed by atoms with Crippen molar-refractivity contribution in [1.82, 2.24) is 0 Å². The molecule has 0 spiro atoms. The Labute approximate surface area is 89.5 Å². The molecule has 0 N–H and O–H groups in total. The molecule has 1 aromatic rings. The largest absolute Gasteiger partial charge is 0.171 e. The number of rotatable bonds is 1. The van der Waals surface area contributed by atoms with Crippen molar-refractivity contribution >= 4 is 24.4 Å². The molecular formula is C11H14S2. The SMILES string of the molecule is CC(S)c1ccc2c(c1)CCCS2. The molecule has 1 aromatic carbocycles. The van der Waals surface area contributed by atoms with E-state index in [4.69, 9.17) is 0 Å². The zero-order valence-electron chi connectivity index (χ0n) is 7.79. The van der Waals surface area contributed by atoms with Gasteiger partial charge in [0.15, 0.2) is 0 Å². The van der Waals surface area contributed by atoms with Crippen LogP contribution in [-0.2, 0) is 6.42 Å². The van der Waals surface area contributed by atoms with Crippen molar-refractivity contribution in [3.05, 3.63) is 29.3 Å². The van der Waals surface area contributed by atoms with Crippen molar-refractivity contribution in [1.29, 1.82) is 0 Å². The van der Waals surface area contributed by atoms with Crippen LogP contribution < -0.4 is 0 Å². The Bertz CT molecular complexity index is 305. The third-order valence-electron chi connectivity index (χ3n) is 2.41. The van der Waals surface area contributed by atoms with E-state index in [1.807, 2.05) is 11.8 Å². The van der Waals surface area contributed by atoms with Crippen LogP contribution in [0.15, 0.2) is 23.1 Å². The first kappa shape index (κ1) is 9.47. The van der Waals surface area contributed by atoms with Crippen molar-refractivity contribution in [3.63, 3.8) is 0 Å². The number of hydrogen-bond donors (Lipinski definition) is 1. The smallest absolute Gasteiger partial charge is 0.0238 e. The zero-order chi connectivity index (χ0) is 9.26. The summed E-state index contributed by atoms with van der Waals surface area (Å²) in [5.41, 5.74) is 2.87. The standard InChI is InChI=1S/C11H14S2/c1-8(12)9-4-5-11-10(7-9)3-2-6-13-11/h4-5,7-8,12H,2-3,6H2,1H3. The highest BCUT2D eigenvalue weighted by atomic mass is 32.2. The van der Waals surface area contributed by atoms with Gasteiger partial charge in [0.05, 0.1) is 0 Å². The number of thioether (sulfide) groups is 1. The first-order valence-corrected chi connectivity index (χ1v) is 6.21. The van der Waals surface area contributed by atoms with Gasteiger partial charge in [-0.3, -0.25) is 0 Å². The topological polar surface area (TPSA) is 0 Å². The van der Waals surface area contributed by atoms with Crippen molar-refractivity contribution in [2.24, 2.45) is 0 Å². The van der Waals surface area contributed by atoms with Crippen LogP contribution in [0, 0.1) is 0 Å². The predicted molar refractivity (Wildman–Crippen MR) is 62.9 cm³/mol. The number of hydrogen-bond acceptors (Lipinski definition) is 2. The summed E-state index contributed by atoms with van der Waals surface area (Å²) in [6.45, 7) is 2.13. The fourth-order valence-corrected chi connectivity index (χ4v) is 2.82. The van der Waals surface area contributed by atoms with E-state index in [0.29, 0.717) is 5.25 Å². The van der Waals surface area contributed by atoms with Gasteiger partial charge >= 0.3 is 0 Å². The Kier molecular flexibility index (Phi) is 2.89. The van der Waals surface area contributed by atoms with E-state index in [1.165, 1.54) is 34.6 Å². The van der Waals surface area contributed by atoms with Crippen LogP contribution in [0.2, 0.25) is 0 Å². The summed E-state index contributed by atoms with van der Waals surface area (Å²) < 4.78 is 0. The van der Waals surface area contributed by atoms with Gasteiger partial charge in [0.1, 0.15) is 0 Å². The minimum atomic E-state index is 0.359. The van der Waals surface area contributed by atoms with E-state index >= 15 is 0 Å². The lowest BCUT2D eigenvalue weighted by atomic mass is 10.0. The highest BCUT2D eigenvalue weighted by Crippen LogP contribution is 2.32. The lowest BCUT2D eigenvalue weighted by Crippen LogP contribution is -1.99. The van der Waals surface area contributed by atoms with Crippen LogP contribution in [0.3, 0.4) is 0 Å². The van der Waals surface area contributed by atoms with Crippen LogP contribution in [0.5, 0.6) is 0 Å². The molecule has 2 heteroatoms. The van der Waals surface area contributed by atoms with E-state index in [9.17, 15) is 0 Å². The van der Waals surface area contributed by atoms with Gasteiger partial charge in [-0.1, -0.05) is 12.1 Å². The molecule has 0 bridgehead atoms. The van der Waals surface area contributed by atoms with Crippen molar-refractivity contribution in [2.45, 2.75) is 29.9 Å². The molecule has 0 nitrogen and oxygen atoms in total. The van der Waals surface area contributed by atoms with Crippen molar-refractivity contribution in [2.75, 3.05) is 5.75 Å². The molecule has 1 unspecified atom stereocenters. The lowest BCUT2D eigenvalue weighted by molar-refractivity contribution is 0.883. The number of thiol groups is 1. The van der Waals surface area contributed by atoms with Crippen LogP contribution in [0.25, 0.3) is 0 Å². The molecule has 0 amide bonds. The summed E-state index contributed by atoms with van der Waals surface area (Å²) in [7, 11) is 0. The van der Waals surface area contributed by atoms with Crippen LogP contribution >= 0.6 is 24.4 Å². The second kappa shape index (κ2) is 3.97. The Hall–Kier alpha value is -0.0800. The van der Waals surface area contributed by atoms with Crippen LogP contribution in [0.1, 0.15) is 29.7 Å². The fraction of sp³-hybridized carbons (Fsp3) is 0.455. The molecule has 0 saturated heterocycles. The fourth-order valence-electron chi connectivity index (χ4n) is 1.64. The minimum Gasteiger partial charge on any atom is -0.171 e. The number of benzene rings is 1. The van der Waals surface area contributed by atoms with Gasteiger partial charge < -0.3 is 0 Å². The highest BCUT2D eigenvalue weighted by molar-refractivity contribution is 7.99. The normalized spacial score (nSPS) is 18.0. The van der Waals surface area contributed by atoms with Gasteiger partial charge in [-0.05, 0) is 42.7 Å². The molecule has 13 heavy (non-hydrogen) atoms. The average molecular weight is 210 g/mol. The molecular weight excluding hydrogens is 196 g/mol. The van der Waals surface area contributed by atoms with Crippen molar-refractivity contribution < 1.29 is 0 Å². The molecule has 1 aliphatic heterocycles. The first-order chi connectivity index (χ1) is 6.27. The van der Waals surface area contributed by atoms with Gasteiger partial charge in [0, 0.05) is 10.1 Å². The first-order valence-electron chi connectivity index (χ1n) is 4.71. The zero-order valence-corrected chi connectivity index (χ0v) is 9.50. The molecule has 1 aliphatic rings. The maximum Gasteiger partial charge on any atom is 0.0238 e. The number of fused-ring (bicyclic) bond motifs is 1. The molecule has 1 atom stereocenters. The van der Waals surface area contributed by atoms with Crippen molar-refractivity contribution in [3.8, 4) is 0 Å². The third-order valence-corrected chi connectivity index (χ3v) is 3.92. The maximum atomic E-state index is 4.45. The Morgan fingerprint density at radius 2 is 2.31 bits per heavy atom. The van der Waals surface area contributed by atoms with Crippen LogP contribution in [0.4, 0.5) is 0 Å². The Balaban J connectivity index is 2.35. The minimum absolute atomic E-state index is 0.359. The lowest BCUT2D eigenvalue weighted by Gasteiger charge is -2.16. The molecule has 0 fully saturated rings. The summed E-state index contributed by atoms with van der Waals surface area (Å²) in [5, 5.41) is 0.359. The second-order valence-corrected chi connectivity index (χ2v) is 5.41. The van der Waals surface area contributed by atoms with Gasteiger partial charge in [-0.15, -0.1) is 11.8 Å². The molecule has 1 heterocycles. The van der Waals surface area contributed by atoms with E-state index in [-0.39, 0.29) is 0 Å². The van der Waals surface area contributed by atoms with E-state index < -0.39 is 0 Å². The Morgan fingerprint density at radius 1 is 1.46 bits per heavy atom. The monoisotopic (exact) mass is 210 g/mol. The molecule has 70 valence electrons. The molecule has 0 radical (unpaired) electrons. The summed E-state index contributed by atoms with van der Waals surface area (Å²) in [5.74, 6) is 1.28. The molecule has 2 rings (SSSR count). The third kappa shape index (κ3) is 2.05. The number of aryl methyl sites for hydroxylation is 1. The van der Waals surface area contributed by atoms with Gasteiger partial charge in [-0.2, -0.15) is 12.6 Å². The quantitative estimate of drug-likeness (QED) is 0.689. The predicted octanol–water partition coefficient (Wildman–Crippen LogP) is 3.72. The summed E-state index contributed by atoms with van der Waals surface area (Å²) in [4.78, 5) is 1.48. The molecule has 0 saturated carbocycles. The second-order valence-electron chi connectivity index (χ2n) is 3.50. The van der Waals surface area contributed by atoms with E-state index in [1.54, 1.807) is 0 Å². The summed E-state index contributed by atoms with van der Waals surface area (Å²) >= 11 is 6.43. The van der Waals surface area contributed by atoms with Gasteiger partial charge in [0.2, 0.25) is 0 Å². The van der Waals surface area contributed by atoms with Gasteiger partial charge in [0.25, 0.3) is 0 Å². The molecule has 0 aromatic heterocycles. The average Bonchev–Trinajstić information content (AvgIpc) is 2.17. The van der Waals surface area contributed by atoms with Crippen LogP contribution in [-0.4, -0.2) is 5.75 Å². The van der Waals surface area contributed by atoms with E-state index in [2.05, 4.69) is 37.8 Å². The highest BCUT2D eigenvalue weighted by Gasteiger charge is 2.10. The van der Waals surface area contributed by atoms with E-state index in [0.717, 1.165) is 0 Å². The Morgan fingerprint density at radius 3 is 3.08 bits per heavy atom. The summed E-state index contributed by atoms with van der Waals surface area (Å²) in [6, 6.07) is 6.77. The molecule has 0 aliphatic carbocycles. The summed E-state index contributed by atoms with van der Waals surface area (Å²) in [6.07, 6.45) is 2.57. The van der Waals surface area contributed by atoms with Gasteiger partial charge in [-0.25, -0.2) is 0 Å². The maximum absolute atomic E-state index is 4.45.